The van der Waals surface area contributed by atoms with Crippen LogP contribution >= 0.6 is 0 Å². The Bertz CT molecular complexity index is 240. The van der Waals surface area contributed by atoms with Crippen LogP contribution in [-0.4, -0.2) is 38.8 Å². The molecule has 1 heterocycles. The fraction of sp³-hybridized carbons (Fsp3) is 0.933. The maximum atomic E-state index is 11.8. The summed E-state index contributed by atoms with van der Waals surface area (Å²) < 4.78 is 5.26. The lowest BCUT2D eigenvalue weighted by molar-refractivity contribution is -0.122. The second kappa shape index (κ2) is 10.2. The molecule has 1 rings (SSSR count). The van der Waals surface area contributed by atoms with Gasteiger partial charge in [0.05, 0.1) is 0 Å². The Morgan fingerprint density at radius 2 is 2.32 bits per heavy atom. The van der Waals surface area contributed by atoms with Crippen molar-refractivity contribution in [2.45, 2.75) is 46.0 Å². The van der Waals surface area contributed by atoms with Crippen LogP contribution in [0.3, 0.4) is 0 Å². The van der Waals surface area contributed by atoms with Crippen molar-refractivity contribution in [3.63, 3.8) is 0 Å². The van der Waals surface area contributed by atoms with Crippen LogP contribution in [0.2, 0.25) is 0 Å². The number of piperidine rings is 1. The Morgan fingerprint density at radius 3 is 3.00 bits per heavy atom. The summed E-state index contributed by atoms with van der Waals surface area (Å²) in [5.74, 6) is 1.35. The van der Waals surface area contributed by atoms with Crippen LogP contribution in [0.25, 0.3) is 0 Å². The van der Waals surface area contributed by atoms with Crippen LogP contribution in [0.5, 0.6) is 0 Å². The SMILES string of the molecule is CCOCCCCNC(=O)CC(C)C1CCCNC1. The second-order valence-corrected chi connectivity index (χ2v) is 5.54. The summed E-state index contributed by atoms with van der Waals surface area (Å²) in [7, 11) is 0. The number of carbonyl (C=O) groups is 1. The van der Waals surface area contributed by atoms with Crippen LogP contribution in [-0.2, 0) is 9.53 Å². The molecule has 1 aliphatic heterocycles. The highest BCUT2D eigenvalue weighted by atomic mass is 16.5. The highest BCUT2D eigenvalue weighted by Crippen LogP contribution is 2.22. The van der Waals surface area contributed by atoms with Gasteiger partial charge in [0.1, 0.15) is 0 Å². The normalized spacial score (nSPS) is 21.1. The molecule has 0 aromatic carbocycles. The zero-order chi connectivity index (χ0) is 13.9. The molecule has 0 bridgehead atoms. The molecule has 2 N–H and O–H groups in total. The number of hydrogen-bond acceptors (Lipinski definition) is 3. The van der Waals surface area contributed by atoms with E-state index in [0.29, 0.717) is 18.3 Å². The molecule has 0 aromatic heterocycles. The quantitative estimate of drug-likeness (QED) is 0.630. The largest absolute Gasteiger partial charge is 0.382 e. The van der Waals surface area contributed by atoms with E-state index in [-0.39, 0.29) is 5.91 Å². The second-order valence-electron chi connectivity index (χ2n) is 5.54. The van der Waals surface area contributed by atoms with E-state index in [1.807, 2.05) is 6.92 Å². The fourth-order valence-corrected chi connectivity index (χ4v) is 2.60. The van der Waals surface area contributed by atoms with Crippen molar-refractivity contribution in [3.8, 4) is 0 Å². The van der Waals surface area contributed by atoms with Crippen molar-refractivity contribution < 1.29 is 9.53 Å². The smallest absolute Gasteiger partial charge is 0.220 e. The van der Waals surface area contributed by atoms with Crippen molar-refractivity contribution in [2.24, 2.45) is 11.8 Å². The molecule has 1 saturated heterocycles. The van der Waals surface area contributed by atoms with Crippen LogP contribution in [0.1, 0.15) is 46.0 Å². The van der Waals surface area contributed by atoms with Gasteiger partial charge in [-0.2, -0.15) is 0 Å². The first-order valence-corrected chi connectivity index (χ1v) is 7.79. The number of hydrogen-bond donors (Lipinski definition) is 2. The Kier molecular flexibility index (Phi) is 8.84. The van der Waals surface area contributed by atoms with Gasteiger partial charge in [-0.3, -0.25) is 4.79 Å². The van der Waals surface area contributed by atoms with Crippen molar-refractivity contribution in [1.29, 1.82) is 0 Å². The molecule has 1 aliphatic rings. The van der Waals surface area contributed by atoms with Gasteiger partial charge in [-0.25, -0.2) is 0 Å². The minimum absolute atomic E-state index is 0.203. The summed E-state index contributed by atoms with van der Waals surface area (Å²) in [6.07, 6.45) is 5.20. The highest BCUT2D eigenvalue weighted by molar-refractivity contribution is 5.76. The topological polar surface area (TPSA) is 50.4 Å². The molecule has 4 nitrogen and oxygen atoms in total. The average Bonchev–Trinajstić information content (AvgIpc) is 2.43. The summed E-state index contributed by atoms with van der Waals surface area (Å²) in [5.41, 5.74) is 0. The van der Waals surface area contributed by atoms with Crippen molar-refractivity contribution in [1.82, 2.24) is 10.6 Å². The molecule has 0 aromatic rings. The maximum Gasteiger partial charge on any atom is 0.220 e. The molecule has 0 radical (unpaired) electrons. The van der Waals surface area contributed by atoms with E-state index in [4.69, 9.17) is 4.74 Å². The van der Waals surface area contributed by atoms with Gasteiger partial charge in [0.25, 0.3) is 0 Å². The molecule has 1 amide bonds. The summed E-state index contributed by atoms with van der Waals surface area (Å²) in [6.45, 7) is 8.77. The van der Waals surface area contributed by atoms with E-state index in [2.05, 4.69) is 17.6 Å². The predicted octanol–water partition coefficient (Wildman–Crippen LogP) is 1.95. The Hall–Kier alpha value is -0.610. The summed E-state index contributed by atoms with van der Waals surface area (Å²) in [6, 6.07) is 0. The number of carbonyl (C=O) groups excluding carboxylic acids is 1. The number of ether oxygens (including phenoxy) is 1. The summed E-state index contributed by atoms with van der Waals surface area (Å²) in [4.78, 5) is 11.8. The van der Waals surface area contributed by atoms with Gasteiger partial charge in [0.15, 0.2) is 0 Å². The maximum absolute atomic E-state index is 11.8. The third-order valence-electron chi connectivity index (χ3n) is 3.89. The minimum Gasteiger partial charge on any atom is -0.382 e. The highest BCUT2D eigenvalue weighted by Gasteiger charge is 2.21. The standard InChI is InChI=1S/C15H30N2O2/c1-3-19-10-5-4-9-17-15(18)11-13(2)14-7-6-8-16-12-14/h13-14,16H,3-12H2,1-2H3,(H,17,18). The Morgan fingerprint density at radius 1 is 1.47 bits per heavy atom. The number of amides is 1. The number of rotatable bonds is 9. The van der Waals surface area contributed by atoms with Crippen molar-refractivity contribution in [3.05, 3.63) is 0 Å². The van der Waals surface area contributed by atoms with E-state index in [9.17, 15) is 4.79 Å². The van der Waals surface area contributed by atoms with E-state index >= 15 is 0 Å². The number of nitrogens with one attached hydrogen (secondary N) is 2. The molecule has 2 atom stereocenters. The Labute approximate surface area is 117 Å². The lowest BCUT2D eigenvalue weighted by Crippen LogP contribution is -2.35. The minimum atomic E-state index is 0.203. The van der Waals surface area contributed by atoms with E-state index in [1.165, 1.54) is 12.8 Å². The van der Waals surface area contributed by atoms with E-state index < -0.39 is 0 Å². The predicted molar refractivity (Wildman–Crippen MR) is 78.1 cm³/mol. The van der Waals surface area contributed by atoms with Crippen molar-refractivity contribution >= 4 is 5.91 Å². The monoisotopic (exact) mass is 270 g/mol. The molecular weight excluding hydrogens is 240 g/mol. The van der Waals surface area contributed by atoms with Gasteiger partial charge in [-0.15, -0.1) is 0 Å². The van der Waals surface area contributed by atoms with Crippen LogP contribution < -0.4 is 10.6 Å². The van der Waals surface area contributed by atoms with Gasteiger partial charge < -0.3 is 15.4 Å². The molecule has 4 heteroatoms. The van der Waals surface area contributed by atoms with Crippen LogP contribution in [0.4, 0.5) is 0 Å². The molecule has 112 valence electrons. The molecule has 19 heavy (non-hydrogen) atoms. The third-order valence-corrected chi connectivity index (χ3v) is 3.89. The lowest BCUT2D eigenvalue weighted by Gasteiger charge is -2.28. The molecule has 0 saturated carbocycles. The van der Waals surface area contributed by atoms with Crippen molar-refractivity contribution in [2.75, 3.05) is 32.8 Å². The summed E-state index contributed by atoms with van der Waals surface area (Å²) >= 11 is 0. The summed E-state index contributed by atoms with van der Waals surface area (Å²) in [5, 5.41) is 6.43. The molecule has 0 aliphatic carbocycles. The van der Waals surface area contributed by atoms with Crippen LogP contribution in [0, 0.1) is 11.8 Å². The van der Waals surface area contributed by atoms with Crippen LogP contribution in [0.15, 0.2) is 0 Å². The first-order valence-electron chi connectivity index (χ1n) is 7.79. The zero-order valence-electron chi connectivity index (χ0n) is 12.5. The van der Waals surface area contributed by atoms with Gasteiger partial charge in [-0.1, -0.05) is 6.92 Å². The first-order chi connectivity index (χ1) is 9.24. The molecule has 1 fully saturated rings. The zero-order valence-corrected chi connectivity index (χ0v) is 12.5. The van der Waals surface area contributed by atoms with Gasteiger partial charge >= 0.3 is 0 Å². The third kappa shape index (κ3) is 7.53. The average molecular weight is 270 g/mol. The molecule has 0 spiro atoms. The van der Waals surface area contributed by atoms with E-state index in [0.717, 1.165) is 45.7 Å². The molecule has 2 unspecified atom stereocenters. The van der Waals surface area contributed by atoms with Gasteiger partial charge in [0, 0.05) is 26.2 Å². The number of unbranched alkanes of at least 4 members (excludes halogenated alkanes) is 1. The first kappa shape index (κ1) is 16.4. The van der Waals surface area contributed by atoms with Gasteiger partial charge in [-0.05, 0) is 57.5 Å². The Balaban J connectivity index is 2.02. The fourth-order valence-electron chi connectivity index (χ4n) is 2.60. The van der Waals surface area contributed by atoms with Gasteiger partial charge in [0.2, 0.25) is 5.91 Å². The molecular formula is C15H30N2O2. The lowest BCUT2D eigenvalue weighted by atomic mass is 9.85. The van der Waals surface area contributed by atoms with E-state index in [1.54, 1.807) is 0 Å².